The SMILES string of the molecule is CC(=O)O[C@H]1CC[C@@]2(C)[C@@H](CC[C@H]3[C@@H]4CCN(C(C)=O)C[C@@]4(C)CC[C@@H]32)C1. The maximum Gasteiger partial charge on any atom is 0.302 e. The molecule has 0 bridgehead atoms. The molecule has 4 heteroatoms. The van der Waals surface area contributed by atoms with Crippen LogP contribution in [0.1, 0.15) is 79.1 Å². The monoisotopic (exact) mass is 375 g/mol. The van der Waals surface area contributed by atoms with E-state index in [0.29, 0.717) is 16.7 Å². The number of ether oxygens (including phenoxy) is 1. The highest BCUT2D eigenvalue weighted by Crippen LogP contribution is 2.64. The molecule has 1 heterocycles. The number of hydrogen-bond donors (Lipinski definition) is 0. The summed E-state index contributed by atoms with van der Waals surface area (Å²) in [4.78, 5) is 25.4. The first kappa shape index (κ1) is 19.3. The first-order chi connectivity index (χ1) is 12.7. The van der Waals surface area contributed by atoms with E-state index in [4.69, 9.17) is 4.74 Å². The minimum atomic E-state index is -0.122. The van der Waals surface area contributed by atoms with Crippen molar-refractivity contribution in [3.05, 3.63) is 0 Å². The van der Waals surface area contributed by atoms with E-state index in [-0.39, 0.29) is 18.0 Å². The van der Waals surface area contributed by atoms with Crippen LogP contribution in [-0.2, 0) is 14.3 Å². The van der Waals surface area contributed by atoms with Gasteiger partial charge in [-0.2, -0.15) is 0 Å². The van der Waals surface area contributed by atoms with Gasteiger partial charge in [0.2, 0.25) is 5.91 Å². The summed E-state index contributed by atoms with van der Waals surface area (Å²) in [7, 11) is 0. The van der Waals surface area contributed by atoms with Crippen molar-refractivity contribution in [3.63, 3.8) is 0 Å². The number of carbonyl (C=O) groups is 2. The molecule has 0 aromatic heterocycles. The summed E-state index contributed by atoms with van der Waals surface area (Å²) in [5, 5.41) is 0. The van der Waals surface area contributed by atoms with Gasteiger partial charge in [0.15, 0.2) is 0 Å². The van der Waals surface area contributed by atoms with Crippen LogP contribution in [0.25, 0.3) is 0 Å². The molecule has 1 saturated heterocycles. The molecule has 152 valence electrons. The van der Waals surface area contributed by atoms with Crippen LogP contribution in [0.4, 0.5) is 0 Å². The van der Waals surface area contributed by atoms with Gasteiger partial charge in [-0.3, -0.25) is 9.59 Å². The summed E-state index contributed by atoms with van der Waals surface area (Å²) < 4.78 is 5.58. The van der Waals surface area contributed by atoms with Gasteiger partial charge in [-0.1, -0.05) is 13.8 Å². The molecule has 0 spiro atoms. The molecule has 3 aliphatic carbocycles. The first-order valence-corrected chi connectivity index (χ1v) is 11.2. The summed E-state index contributed by atoms with van der Waals surface area (Å²) in [5.74, 6) is 3.24. The third-order valence-corrected chi connectivity index (χ3v) is 9.18. The van der Waals surface area contributed by atoms with Crippen molar-refractivity contribution in [2.45, 2.75) is 85.2 Å². The average molecular weight is 376 g/mol. The van der Waals surface area contributed by atoms with Crippen LogP contribution >= 0.6 is 0 Å². The van der Waals surface area contributed by atoms with Crippen molar-refractivity contribution in [3.8, 4) is 0 Å². The minimum absolute atomic E-state index is 0.122. The number of rotatable bonds is 1. The molecular weight excluding hydrogens is 338 g/mol. The van der Waals surface area contributed by atoms with E-state index in [0.717, 1.165) is 43.7 Å². The third-order valence-electron chi connectivity index (χ3n) is 9.18. The Morgan fingerprint density at radius 1 is 0.963 bits per heavy atom. The molecule has 27 heavy (non-hydrogen) atoms. The van der Waals surface area contributed by atoms with E-state index >= 15 is 0 Å². The topological polar surface area (TPSA) is 46.6 Å². The Bertz CT molecular complexity index is 619. The predicted molar refractivity (Wildman–Crippen MR) is 105 cm³/mol. The Balaban J connectivity index is 1.51. The molecule has 4 rings (SSSR count). The number of piperidine rings is 1. The van der Waals surface area contributed by atoms with E-state index in [9.17, 15) is 9.59 Å². The number of fused-ring (bicyclic) bond motifs is 5. The lowest BCUT2D eigenvalue weighted by atomic mass is 9.44. The second-order valence-corrected chi connectivity index (χ2v) is 10.6. The molecule has 0 aromatic carbocycles. The van der Waals surface area contributed by atoms with E-state index in [1.165, 1.54) is 38.5 Å². The van der Waals surface area contributed by atoms with Crippen LogP contribution < -0.4 is 0 Å². The van der Waals surface area contributed by atoms with Crippen LogP contribution in [0.2, 0.25) is 0 Å². The molecule has 1 amide bonds. The van der Waals surface area contributed by atoms with Crippen molar-refractivity contribution in [2.24, 2.45) is 34.5 Å². The number of nitrogens with zero attached hydrogens (tertiary/aromatic N) is 1. The summed E-state index contributed by atoms with van der Waals surface area (Å²) in [6.45, 7) is 10.2. The molecular formula is C23H37NO3. The van der Waals surface area contributed by atoms with E-state index in [1.807, 2.05) is 0 Å². The lowest BCUT2D eigenvalue weighted by molar-refractivity contribution is -0.166. The summed E-state index contributed by atoms with van der Waals surface area (Å²) in [6, 6.07) is 0. The molecule has 4 nitrogen and oxygen atoms in total. The number of esters is 1. The molecule has 4 fully saturated rings. The largest absolute Gasteiger partial charge is 0.463 e. The first-order valence-electron chi connectivity index (χ1n) is 11.2. The third kappa shape index (κ3) is 3.21. The van der Waals surface area contributed by atoms with Gasteiger partial charge in [0.25, 0.3) is 0 Å². The zero-order valence-corrected chi connectivity index (χ0v) is 17.6. The quantitative estimate of drug-likeness (QED) is 0.637. The van der Waals surface area contributed by atoms with E-state index in [2.05, 4.69) is 18.7 Å². The molecule has 1 aliphatic heterocycles. The highest BCUT2D eigenvalue weighted by molar-refractivity contribution is 5.73. The fourth-order valence-corrected chi connectivity index (χ4v) is 7.79. The van der Waals surface area contributed by atoms with Gasteiger partial charge in [-0.25, -0.2) is 0 Å². The standard InChI is InChI=1S/C23H37NO3/c1-15(25)24-12-9-20-19-6-5-17-13-18(27-16(2)26)7-11-23(17,4)21(19)8-10-22(20,3)14-24/h17-21H,5-14H2,1-4H3/t17-,18-,19-,20-,21-,22+,23-/m0/s1. The lowest BCUT2D eigenvalue weighted by Crippen LogP contribution is -2.59. The fraction of sp³-hybridized carbons (Fsp3) is 0.913. The number of amides is 1. The molecule has 3 saturated carbocycles. The zero-order valence-electron chi connectivity index (χ0n) is 17.6. The number of carbonyl (C=O) groups excluding carboxylic acids is 2. The second-order valence-electron chi connectivity index (χ2n) is 10.6. The molecule has 4 aliphatic rings. The fourth-order valence-electron chi connectivity index (χ4n) is 7.79. The van der Waals surface area contributed by atoms with Crippen LogP contribution in [0.15, 0.2) is 0 Å². The maximum atomic E-state index is 11.9. The smallest absolute Gasteiger partial charge is 0.302 e. The van der Waals surface area contributed by atoms with Gasteiger partial charge in [-0.05, 0) is 85.9 Å². The van der Waals surface area contributed by atoms with Gasteiger partial charge < -0.3 is 9.64 Å². The lowest BCUT2D eigenvalue weighted by Gasteiger charge is -2.63. The average Bonchev–Trinajstić information content (AvgIpc) is 2.60. The minimum Gasteiger partial charge on any atom is -0.463 e. The van der Waals surface area contributed by atoms with Crippen molar-refractivity contribution in [1.82, 2.24) is 4.90 Å². The van der Waals surface area contributed by atoms with E-state index in [1.54, 1.807) is 13.8 Å². The molecule has 0 radical (unpaired) electrons. The zero-order chi connectivity index (χ0) is 19.4. The Kier molecular flexibility index (Phi) is 4.83. The normalized spacial score (nSPS) is 46.7. The Morgan fingerprint density at radius 3 is 2.44 bits per heavy atom. The highest BCUT2D eigenvalue weighted by atomic mass is 16.5. The van der Waals surface area contributed by atoms with Crippen molar-refractivity contribution in [2.75, 3.05) is 13.1 Å². The molecule has 0 unspecified atom stereocenters. The summed E-state index contributed by atoms with van der Waals surface area (Å²) in [5.41, 5.74) is 0.724. The number of likely N-dealkylation sites (tertiary alicyclic amines) is 1. The van der Waals surface area contributed by atoms with Gasteiger partial charge in [0.1, 0.15) is 6.10 Å². The maximum absolute atomic E-state index is 11.9. The van der Waals surface area contributed by atoms with Crippen molar-refractivity contribution < 1.29 is 14.3 Å². The van der Waals surface area contributed by atoms with Gasteiger partial charge in [0, 0.05) is 26.9 Å². The summed E-state index contributed by atoms with van der Waals surface area (Å²) >= 11 is 0. The van der Waals surface area contributed by atoms with Crippen LogP contribution in [0.5, 0.6) is 0 Å². The van der Waals surface area contributed by atoms with Gasteiger partial charge in [-0.15, -0.1) is 0 Å². The second kappa shape index (κ2) is 6.77. The Hall–Kier alpha value is -1.06. The molecule has 0 aromatic rings. The predicted octanol–water partition coefficient (Wildman–Crippen LogP) is 4.42. The van der Waals surface area contributed by atoms with Crippen LogP contribution in [0, 0.1) is 34.5 Å². The van der Waals surface area contributed by atoms with Crippen LogP contribution in [0.3, 0.4) is 0 Å². The van der Waals surface area contributed by atoms with Crippen LogP contribution in [-0.4, -0.2) is 36.0 Å². The molecule has 0 N–H and O–H groups in total. The molecule has 7 atom stereocenters. The number of hydrogen-bond acceptors (Lipinski definition) is 3. The summed E-state index contributed by atoms with van der Waals surface area (Å²) in [6.07, 6.45) is 9.84. The van der Waals surface area contributed by atoms with Gasteiger partial charge >= 0.3 is 5.97 Å². The van der Waals surface area contributed by atoms with Crippen molar-refractivity contribution in [1.29, 1.82) is 0 Å². The Labute approximate surface area is 164 Å². The highest BCUT2D eigenvalue weighted by Gasteiger charge is 2.58. The van der Waals surface area contributed by atoms with Gasteiger partial charge in [0.05, 0.1) is 0 Å². The van der Waals surface area contributed by atoms with Crippen molar-refractivity contribution >= 4 is 11.9 Å². The Morgan fingerprint density at radius 2 is 1.74 bits per heavy atom. The van der Waals surface area contributed by atoms with E-state index < -0.39 is 0 Å².